The molecule has 0 spiro atoms. The van der Waals surface area contributed by atoms with Gasteiger partial charge in [-0.05, 0) is 17.7 Å². The van der Waals surface area contributed by atoms with E-state index in [-0.39, 0.29) is 13.2 Å². The van der Waals surface area contributed by atoms with E-state index >= 15 is 0 Å². The van der Waals surface area contributed by atoms with Crippen molar-refractivity contribution in [2.45, 2.75) is 6.54 Å². The number of aliphatic hydroxyl groups excluding tert-OH is 1. The zero-order valence-electron chi connectivity index (χ0n) is 8.50. The summed E-state index contributed by atoms with van der Waals surface area (Å²) < 4.78 is 11.3. The summed E-state index contributed by atoms with van der Waals surface area (Å²) in [6.07, 6.45) is 0. The van der Waals surface area contributed by atoms with Gasteiger partial charge >= 0.3 is 0 Å². The van der Waals surface area contributed by atoms with Crippen molar-refractivity contribution in [3.05, 3.63) is 22.2 Å². The highest BCUT2D eigenvalue weighted by Gasteiger charge is 2.08. The van der Waals surface area contributed by atoms with Crippen molar-refractivity contribution in [2.24, 2.45) is 5.73 Å². The molecule has 0 unspecified atom stereocenters. The summed E-state index contributed by atoms with van der Waals surface area (Å²) in [5.74, 6) is 1.21. The largest absolute Gasteiger partial charge is 0.493 e. The van der Waals surface area contributed by atoms with Crippen molar-refractivity contribution >= 4 is 15.9 Å². The third-order valence-electron chi connectivity index (χ3n) is 1.90. The van der Waals surface area contributed by atoms with Gasteiger partial charge in [-0.15, -0.1) is 0 Å². The smallest absolute Gasteiger partial charge is 0.162 e. The summed E-state index contributed by atoms with van der Waals surface area (Å²) in [4.78, 5) is 0. The Morgan fingerprint density at radius 1 is 1.40 bits per heavy atom. The van der Waals surface area contributed by atoms with Crippen LogP contribution in [0.3, 0.4) is 0 Å². The van der Waals surface area contributed by atoms with Gasteiger partial charge in [0, 0.05) is 11.0 Å². The molecular formula is C10H14BrNO3. The molecule has 5 heteroatoms. The quantitative estimate of drug-likeness (QED) is 0.850. The van der Waals surface area contributed by atoms with Crippen molar-refractivity contribution in [3.63, 3.8) is 0 Å². The second-order valence-corrected chi connectivity index (χ2v) is 3.73. The summed E-state index contributed by atoms with van der Waals surface area (Å²) >= 11 is 3.38. The van der Waals surface area contributed by atoms with Crippen LogP contribution in [0.4, 0.5) is 0 Å². The number of halogens is 1. The average molecular weight is 276 g/mol. The second-order valence-electron chi connectivity index (χ2n) is 2.87. The number of ether oxygens (including phenoxy) is 2. The number of rotatable bonds is 5. The van der Waals surface area contributed by atoms with Gasteiger partial charge < -0.3 is 20.3 Å². The van der Waals surface area contributed by atoms with Crippen molar-refractivity contribution < 1.29 is 14.6 Å². The van der Waals surface area contributed by atoms with Gasteiger partial charge in [0.05, 0.1) is 13.7 Å². The van der Waals surface area contributed by atoms with Gasteiger partial charge in [0.1, 0.15) is 6.61 Å². The monoisotopic (exact) mass is 275 g/mol. The molecule has 1 rings (SSSR count). The van der Waals surface area contributed by atoms with Crippen molar-refractivity contribution in [1.82, 2.24) is 0 Å². The van der Waals surface area contributed by atoms with Crippen LogP contribution in [0.5, 0.6) is 11.5 Å². The van der Waals surface area contributed by atoms with Gasteiger partial charge in [0.25, 0.3) is 0 Å². The Balaban J connectivity index is 2.98. The Bertz CT molecular complexity index is 331. The Morgan fingerprint density at radius 3 is 2.67 bits per heavy atom. The van der Waals surface area contributed by atoms with E-state index in [9.17, 15) is 0 Å². The normalized spacial score (nSPS) is 10.1. The van der Waals surface area contributed by atoms with E-state index in [0.717, 1.165) is 10.0 Å². The molecule has 0 aliphatic heterocycles. The van der Waals surface area contributed by atoms with E-state index in [0.29, 0.717) is 18.0 Å². The van der Waals surface area contributed by atoms with E-state index in [1.807, 2.05) is 6.07 Å². The maximum Gasteiger partial charge on any atom is 0.162 e. The molecule has 1 aromatic rings. The summed E-state index contributed by atoms with van der Waals surface area (Å²) in [6.45, 7) is 0.640. The molecule has 0 amide bonds. The number of hydrogen-bond acceptors (Lipinski definition) is 4. The van der Waals surface area contributed by atoms with E-state index in [1.165, 1.54) is 0 Å². The van der Waals surface area contributed by atoms with Crippen LogP contribution in [0.25, 0.3) is 0 Å². The minimum Gasteiger partial charge on any atom is -0.493 e. The molecule has 0 saturated carbocycles. The number of aliphatic hydroxyl groups is 1. The van der Waals surface area contributed by atoms with Crippen LogP contribution in [-0.4, -0.2) is 25.4 Å². The van der Waals surface area contributed by atoms with Gasteiger partial charge in [-0.25, -0.2) is 0 Å². The highest BCUT2D eigenvalue weighted by Crippen LogP contribution is 2.33. The first-order valence-electron chi connectivity index (χ1n) is 4.53. The molecule has 0 bridgehead atoms. The summed E-state index contributed by atoms with van der Waals surface area (Å²) in [5.41, 5.74) is 6.51. The van der Waals surface area contributed by atoms with E-state index in [1.54, 1.807) is 13.2 Å². The Labute approximate surface area is 97.1 Å². The highest BCUT2D eigenvalue weighted by atomic mass is 79.9. The third-order valence-corrected chi connectivity index (χ3v) is 2.64. The molecule has 3 N–H and O–H groups in total. The van der Waals surface area contributed by atoms with E-state index < -0.39 is 0 Å². The highest BCUT2D eigenvalue weighted by molar-refractivity contribution is 9.10. The van der Waals surface area contributed by atoms with Crippen LogP contribution in [0.2, 0.25) is 0 Å². The standard InChI is InChI=1S/C10H14BrNO3/c1-14-9-4-7(6-12)8(11)5-10(9)15-3-2-13/h4-5,13H,2-3,6,12H2,1H3. The molecule has 84 valence electrons. The van der Waals surface area contributed by atoms with Crippen molar-refractivity contribution in [1.29, 1.82) is 0 Å². The maximum atomic E-state index is 8.66. The number of methoxy groups -OCH3 is 1. The van der Waals surface area contributed by atoms with E-state index in [4.69, 9.17) is 20.3 Å². The minimum absolute atomic E-state index is 0.0284. The topological polar surface area (TPSA) is 64.7 Å². The predicted molar refractivity (Wildman–Crippen MR) is 61.2 cm³/mol. The van der Waals surface area contributed by atoms with Gasteiger partial charge in [-0.3, -0.25) is 0 Å². The molecule has 1 aromatic carbocycles. The lowest BCUT2D eigenvalue weighted by Crippen LogP contribution is -2.04. The number of hydrogen-bond donors (Lipinski definition) is 2. The first-order valence-corrected chi connectivity index (χ1v) is 5.32. The first kappa shape index (κ1) is 12.3. The Hall–Kier alpha value is -0.780. The fourth-order valence-corrected chi connectivity index (χ4v) is 1.65. The minimum atomic E-state index is -0.0284. The maximum absolute atomic E-state index is 8.66. The molecule has 0 saturated heterocycles. The summed E-state index contributed by atoms with van der Waals surface area (Å²) in [5, 5.41) is 8.66. The summed E-state index contributed by atoms with van der Waals surface area (Å²) in [6, 6.07) is 3.60. The fraction of sp³-hybridized carbons (Fsp3) is 0.400. The predicted octanol–water partition coefficient (Wildman–Crippen LogP) is 1.29. The third kappa shape index (κ3) is 3.09. The molecule has 0 aliphatic rings. The molecule has 0 fully saturated rings. The number of benzene rings is 1. The van der Waals surface area contributed by atoms with Crippen LogP contribution < -0.4 is 15.2 Å². The summed E-state index contributed by atoms with van der Waals surface area (Å²) in [7, 11) is 1.56. The van der Waals surface area contributed by atoms with Crippen LogP contribution in [0.15, 0.2) is 16.6 Å². The average Bonchev–Trinajstić information content (AvgIpc) is 2.26. The molecule has 0 atom stereocenters. The molecule has 15 heavy (non-hydrogen) atoms. The first-order chi connectivity index (χ1) is 7.22. The SMILES string of the molecule is COc1cc(CN)c(Br)cc1OCCO. The molecular weight excluding hydrogens is 262 g/mol. The van der Waals surface area contributed by atoms with Crippen molar-refractivity contribution in [3.8, 4) is 11.5 Å². The molecule has 0 heterocycles. The van der Waals surface area contributed by atoms with Gasteiger partial charge in [0.15, 0.2) is 11.5 Å². The van der Waals surface area contributed by atoms with Crippen LogP contribution in [-0.2, 0) is 6.54 Å². The molecule has 0 radical (unpaired) electrons. The van der Waals surface area contributed by atoms with E-state index in [2.05, 4.69) is 15.9 Å². The second kappa shape index (κ2) is 5.95. The number of nitrogens with two attached hydrogens (primary N) is 1. The lowest BCUT2D eigenvalue weighted by atomic mass is 10.2. The van der Waals surface area contributed by atoms with Gasteiger partial charge in [-0.1, -0.05) is 15.9 Å². The van der Waals surface area contributed by atoms with Crippen LogP contribution in [0.1, 0.15) is 5.56 Å². The zero-order chi connectivity index (χ0) is 11.3. The van der Waals surface area contributed by atoms with Gasteiger partial charge in [0.2, 0.25) is 0 Å². The lowest BCUT2D eigenvalue weighted by molar-refractivity contribution is 0.196. The lowest BCUT2D eigenvalue weighted by Gasteiger charge is -2.12. The van der Waals surface area contributed by atoms with Crippen molar-refractivity contribution in [2.75, 3.05) is 20.3 Å². The molecule has 4 nitrogen and oxygen atoms in total. The van der Waals surface area contributed by atoms with Gasteiger partial charge in [-0.2, -0.15) is 0 Å². The Kier molecular flexibility index (Phi) is 4.87. The zero-order valence-corrected chi connectivity index (χ0v) is 10.1. The van der Waals surface area contributed by atoms with Crippen LogP contribution >= 0.6 is 15.9 Å². The Morgan fingerprint density at radius 2 is 2.13 bits per heavy atom. The fourth-order valence-electron chi connectivity index (χ4n) is 1.16. The van der Waals surface area contributed by atoms with Crippen LogP contribution in [0, 0.1) is 0 Å². The molecule has 0 aliphatic carbocycles. The molecule has 0 aromatic heterocycles.